The first-order valence-electron chi connectivity index (χ1n) is 5.25. The largest absolute Gasteiger partial charge is 0.365 e. The van der Waals surface area contributed by atoms with Gasteiger partial charge in [0.05, 0.1) is 5.56 Å². The average Bonchev–Trinajstić information content (AvgIpc) is 2.40. The first-order chi connectivity index (χ1) is 9.11. The molecule has 0 radical (unpaired) electrons. The molecule has 1 aromatic heterocycles. The van der Waals surface area contributed by atoms with Crippen LogP contribution in [0.5, 0.6) is 0 Å². The molecule has 0 saturated heterocycles. The van der Waals surface area contributed by atoms with E-state index in [1.165, 1.54) is 12.4 Å². The molecule has 0 aliphatic heterocycles. The van der Waals surface area contributed by atoms with Crippen molar-refractivity contribution in [3.8, 4) is 0 Å². The highest BCUT2D eigenvalue weighted by Crippen LogP contribution is 2.18. The zero-order chi connectivity index (χ0) is 13.8. The number of aromatic nitrogens is 2. The monoisotopic (exact) mass is 283 g/mol. The van der Waals surface area contributed by atoms with E-state index in [-0.39, 0.29) is 23.1 Å². The van der Waals surface area contributed by atoms with E-state index in [0.717, 1.165) is 12.1 Å². The summed E-state index contributed by atoms with van der Waals surface area (Å²) in [5.41, 5.74) is 0.622. The van der Waals surface area contributed by atoms with Crippen molar-refractivity contribution in [2.75, 3.05) is 5.32 Å². The van der Waals surface area contributed by atoms with E-state index in [4.69, 9.17) is 11.6 Å². The molecule has 0 aliphatic rings. The lowest BCUT2D eigenvalue weighted by molar-refractivity contribution is 0.112. The Balaban J connectivity index is 2.16. The van der Waals surface area contributed by atoms with Crippen LogP contribution in [0.4, 0.5) is 14.6 Å². The Labute approximate surface area is 112 Å². The van der Waals surface area contributed by atoms with E-state index >= 15 is 0 Å². The summed E-state index contributed by atoms with van der Waals surface area (Å²) in [6.45, 7) is 0.172. The first-order valence-corrected chi connectivity index (χ1v) is 5.63. The smallest absolute Gasteiger partial charge is 0.159 e. The highest BCUT2D eigenvalue weighted by Gasteiger charge is 2.09. The van der Waals surface area contributed by atoms with Crippen LogP contribution in [0.3, 0.4) is 0 Å². The van der Waals surface area contributed by atoms with E-state index < -0.39 is 11.6 Å². The van der Waals surface area contributed by atoms with Gasteiger partial charge in [0.15, 0.2) is 17.9 Å². The molecule has 0 amide bonds. The molecular formula is C12H8ClF2N3O. The summed E-state index contributed by atoms with van der Waals surface area (Å²) in [5.74, 6) is -1.61. The third-order valence-corrected chi connectivity index (χ3v) is 2.70. The molecular weight excluding hydrogens is 276 g/mol. The van der Waals surface area contributed by atoms with Crippen LogP contribution in [0.1, 0.15) is 15.9 Å². The van der Waals surface area contributed by atoms with Gasteiger partial charge in [-0.3, -0.25) is 4.79 Å². The predicted molar refractivity (Wildman–Crippen MR) is 66.1 cm³/mol. The molecule has 1 heterocycles. The van der Waals surface area contributed by atoms with E-state index in [1.807, 2.05) is 0 Å². The van der Waals surface area contributed by atoms with Gasteiger partial charge in [-0.15, -0.1) is 0 Å². The Morgan fingerprint density at radius 1 is 1.26 bits per heavy atom. The van der Waals surface area contributed by atoms with Crippen molar-refractivity contribution in [1.82, 2.24) is 9.97 Å². The van der Waals surface area contributed by atoms with Crippen molar-refractivity contribution >= 4 is 23.7 Å². The van der Waals surface area contributed by atoms with Gasteiger partial charge in [-0.1, -0.05) is 17.7 Å². The fourth-order valence-electron chi connectivity index (χ4n) is 1.45. The molecule has 0 aliphatic carbocycles. The molecule has 0 unspecified atom stereocenters. The molecule has 7 heteroatoms. The summed E-state index contributed by atoms with van der Waals surface area (Å²) in [6, 6.07) is 3.51. The Kier molecular flexibility index (Phi) is 4.01. The third kappa shape index (κ3) is 3.03. The Hall–Kier alpha value is -2.08. The van der Waals surface area contributed by atoms with Crippen LogP contribution in [0, 0.1) is 11.6 Å². The number of benzene rings is 1. The highest BCUT2D eigenvalue weighted by atomic mass is 35.5. The second-order valence-electron chi connectivity index (χ2n) is 3.65. The van der Waals surface area contributed by atoms with Gasteiger partial charge in [-0.25, -0.2) is 18.7 Å². The van der Waals surface area contributed by atoms with Gasteiger partial charge in [-0.05, 0) is 17.7 Å². The minimum absolute atomic E-state index is 0.0257. The second-order valence-corrected chi connectivity index (χ2v) is 4.00. The number of halogens is 3. The molecule has 0 bridgehead atoms. The van der Waals surface area contributed by atoms with Crippen LogP contribution in [0.15, 0.2) is 24.5 Å². The van der Waals surface area contributed by atoms with Crippen molar-refractivity contribution in [2.24, 2.45) is 0 Å². The summed E-state index contributed by atoms with van der Waals surface area (Å²) in [7, 11) is 0. The maximum atomic E-state index is 13.0. The molecule has 0 atom stereocenters. The Morgan fingerprint density at radius 3 is 2.74 bits per heavy atom. The summed E-state index contributed by atoms with van der Waals surface area (Å²) in [5, 5.41) is 2.84. The topological polar surface area (TPSA) is 54.9 Å². The SMILES string of the molecule is O=Cc1c(Cl)ncnc1NCc1ccc(F)c(F)c1. The van der Waals surface area contributed by atoms with Gasteiger partial charge < -0.3 is 5.32 Å². The fraction of sp³-hybridized carbons (Fsp3) is 0.0833. The van der Waals surface area contributed by atoms with Crippen molar-refractivity contribution in [1.29, 1.82) is 0 Å². The Morgan fingerprint density at radius 2 is 2.05 bits per heavy atom. The van der Waals surface area contributed by atoms with Gasteiger partial charge >= 0.3 is 0 Å². The molecule has 2 aromatic rings. The number of hydrogen-bond donors (Lipinski definition) is 1. The van der Waals surface area contributed by atoms with Gasteiger partial charge in [0.2, 0.25) is 0 Å². The molecule has 19 heavy (non-hydrogen) atoms. The second kappa shape index (κ2) is 5.71. The maximum absolute atomic E-state index is 13.0. The van der Waals surface area contributed by atoms with Crippen molar-refractivity contribution in [3.05, 3.63) is 52.4 Å². The van der Waals surface area contributed by atoms with Crippen molar-refractivity contribution in [3.63, 3.8) is 0 Å². The first kappa shape index (κ1) is 13.4. The number of hydrogen-bond acceptors (Lipinski definition) is 4. The molecule has 98 valence electrons. The number of nitrogens with zero attached hydrogens (tertiary/aromatic N) is 2. The summed E-state index contributed by atoms with van der Waals surface area (Å²) in [4.78, 5) is 18.4. The molecule has 0 saturated carbocycles. The quantitative estimate of drug-likeness (QED) is 0.692. The summed E-state index contributed by atoms with van der Waals surface area (Å²) < 4.78 is 25.8. The third-order valence-electron chi connectivity index (χ3n) is 2.40. The van der Waals surface area contributed by atoms with Crippen LogP contribution < -0.4 is 5.32 Å². The highest BCUT2D eigenvalue weighted by molar-refractivity contribution is 6.32. The lowest BCUT2D eigenvalue weighted by Crippen LogP contribution is -2.06. The van der Waals surface area contributed by atoms with E-state index in [2.05, 4.69) is 15.3 Å². The van der Waals surface area contributed by atoms with E-state index in [9.17, 15) is 13.6 Å². The zero-order valence-corrected chi connectivity index (χ0v) is 10.3. The van der Waals surface area contributed by atoms with Crippen LogP contribution in [0.2, 0.25) is 5.15 Å². The minimum Gasteiger partial charge on any atom is -0.365 e. The molecule has 4 nitrogen and oxygen atoms in total. The van der Waals surface area contributed by atoms with E-state index in [1.54, 1.807) is 0 Å². The Bertz CT molecular complexity index is 622. The lowest BCUT2D eigenvalue weighted by Gasteiger charge is -2.08. The normalized spacial score (nSPS) is 10.3. The van der Waals surface area contributed by atoms with Crippen LogP contribution in [-0.2, 0) is 6.54 Å². The lowest BCUT2D eigenvalue weighted by atomic mass is 10.2. The molecule has 0 fully saturated rings. The fourth-order valence-corrected chi connectivity index (χ4v) is 1.63. The van der Waals surface area contributed by atoms with E-state index in [0.29, 0.717) is 11.8 Å². The average molecular weight is 284 g/mol. The summed E-state index contributed by atoms with van der Waals surface area (Å²) in [6.07, 6.45) is 1.72. The number of carbonyl (C=O) groups excluding carboxylic acids is 1. The van der Waals surface area contributed by atoms with Gasteiger partial charge in [0, 0.05) is 6.54 Å². The van der Waals surface area contributed by atoms with Crippen LogP contribution in [-0.4, -0.2) is 16.3 Å². The van der Waals surface area contributed by atoms with Crippen molar-refractivity contribution in [2.45, 2.75) is 6.54 Å². The number of nitrogens with one attached hydrogen (secondary N) is 1. The van der Waals surface area contributed by atoms with Crippen molar-refractivity contribution < 1.29 is 13.6 Å². The molecule has 1 aromatic carbocycles. The van der Waals surface area contributed by atoms with Gasteiger partial charge in [0.25, 0.3) is 0 Å². The maximum Gasteiger partial charge on any atom is 0.159 e. The predicted octanol–water partition coefficient (Wildman–Crippen LogP) is 2.83. The van der Waals surface area contributed by atoms with Gasteiger partial charge in [0.1, 0.15) is 17.3 Å². The standard InChI is InChI=1S/C12H8ClF2N3O/c13-11-8(5-19)12(18-6-17-11)16-4-7-1-2-9(14)10(15)3-7/h1-3,5-6H,4H2,(H,16,17,18). The van der Waals surface area contributed by atoms with Gasteiger partial charge in [-0.2, -0.15) is 0 Å². The van der Waals surface area contributed by atoms with Crippen LogP contribution in [0.25, 0.3) is 0 Å². The zero-order valence-electron chi connectivity index (χ0n) is 9.53. The number of rotatable bonds is 4. The van der Waals surface area contributed by atoms with Crippen LogP contribution >= 0.6 is 11.6 Å². The summed E-state index contributed by atoms with van der Waals surface area (Å²) >= 11 is 5.73. The number of carbonyl (C=O) groups is 1. The molecule has 2 rings (SSSR count). The molecule has 0 spiro atoms. The number of aldehydes is 1. The molecule has 1 N–H and O–H groups in total. The number of anilines is 1. The minimum atomic E-state index is -0.935.